The molecular weight excluding hydrogens is 452 g/mol. The van der Waals surface area contributed by atoms with Crippen LogP contribution in [0.15, 0.2) is 89.7 Å². The number of aryl methyl sites for hydroxylation is 1. The molecule has 0 aliphatic rings. The second-order valence-corrected chi connectivity index (χ2v) is 7.95. The molecule has 2 aromatic heterocycles. The average Bonchev–Trinajstić information content (AvgIpc) is 3.12. The van der Waals surface area contributed by atoms with Crippen molar-refractivity contribution in [1.29, 1.82) is 0 Å². The molecule has 0 aliphatic heterocycles. The predicted octanol–water partition coefficient (Wildman–Crippen LogP) is 5.16. The van der Waals surface area contributed by atoms with E-state index in [0.29, 0.717) is 0 Å². The molecule has 0 radical (unpaired) electrons. The summed E-state index contributed by atoms with van der Waals surface area (Å²) >= 11 is 0. The molecule has 0 saturated heterocycles. The third kappa shape index (κ3) is 4.50. The standard InChI is InChI=1S/C27H21F2N3O3/c1-31-25-21(29)14-20(28)15-23(25)32(27(31)33)22-12-13-24(34-16-18-8-4-2-5-9-18)30-26(22)35-17-19-10-6-3-7-11-19/h2-15H,16-17H2,1H3. The van der Waals surface area contributed by atoms with Crippen LogP contribution in [0.1, 0.15) is 11.1 Å². The van der Waals surface area contributed by atoms with Crippen molar-refractivity contribution in [2.75, 3.05) is 0 Å². The van der Waals surface area contributed by atoms with E-state index in [4.69, 9.17) is 9.47 Å². The maximum absolute atomic E-state index is 14.5. The Hall–Kier alpha value is -4.46. The lowest BCUT2D eigenvalue weighted by Crippen LogP contribution is -2.21. The van der Waals surface area contributed by atoms with E-state index in [2.05, 4.69) is 4.98 Å². The van der Waals surface area contributed by atoms with Gasteiger partial charge in [-0.05, 0) is 17.2 Å². The minimum Gasteiger partial charge on any atom is -0.473 e. The minimum absolute atomic E-state index is 0.0187. The Labute approximate surface area is 199 Å². The van der Waals surface area contributed by atoms with Crippen LogP contribution < -0.4 is 15.2 Å². The zero-order valence-electron chi connectivity index (χ0n) is 18.8. The highest BCUT2D eigenvalue weighted by Gasteiger charge is 2.21. The maximum atomic E-state index is 14.5. The molecule has 0 unspecified atom stereocenters. The first-order chi connectivity index (χ1) is 17.0. The molecule has 0 saturated carbocycles. The second-order valence-electron chi connectivity index (χ2n) is 7.95. The van der Waals surface area contributed by atoms with Gasteiger partial charge in [0.1, 0.15) is 30.2 Å². The Balaban J connectivity index is 1.58. The van der Waals surface area contributed by atoms with Gasteiger partial charge in [0.05, 0.1) is 5.52 Å². The number of hydrogen-bond acceptors (Lipinski definition) is 4. The predicted molar refractivity (Wildman–Crippen MR) is 128 cm³/mol. The highest BCUT2D eigenvalue weighted by molar-refractivity contribution is 5.79. The Morgan fingerprint density at radius 2 is 1.46 bits per heavy atom. The van der Waals surface area contributed by atoms with Crippen LogP contribution in [0, 0.1) is 11.6 Å². The number of aromatic nitrogens is 3. The van der Waals surface area contributed by atoms with E-state index in [0.717, 1.165) is 27.8 Å². The largest absolute Gasteiger partial charge is 0.473 e. The lowest BCUT2D eigenvalue weighted by Gasteiger charge is -2.14. The summed E-state index contributed by atoms with van der Waals surface area (Å²) in [6.45, 7) is 0.459. The zero-order chi connectivity index (χ0) is 24.4. The zero-order valence-corrected chi connectivity index (χ0v) is 18.8. The van der Waals surface area contributed by atoms with Gasteiger partial charge in [-0.3, -0.25) is 9.13 Å². The number of fused-ring (bicyclic) bond motifs is 1. The molecule has 0 bridgehead atoms. The summed E-state index contributed by atoms with van der Waals surface area (Å²) in [5, 5.41) is 0. The van der Waals surface area contributed by atoms with Gasteiger partial charge >= 0.3 is 5.69 Å². The van der Waals surface area contributed by atoms with Crippen molar-refractivity contribution < 1.29 is 18.3 Å². The first kappa shape index (κ1) is 22.3. The molecule has 0 aliphatic carbocycles. The summed E-state index contributed by atoms with van der Waals surface area (Å²) in [6, 6.07) is 24.1. The Bertz CT molecular complexity index is 1550. The Morgan fingerprint density at radius 3 is 2.11 bits per heavy atom. The summed E-state index contributed by atoms with van der Waals surface area (Å²) in [5.41, 5.74) is 1.58. The minimum atomic E-state index is -0.833. The number of benzene rings is 3. The molecule has 5 rings (SSSR count). The smallest absolute Gasteiger partial charge is 0.333 e. The SMILES string of the molecule is Cn1c(=O)n(-c2ccc(OCc3ccccc3)nc2OCc2ccccc2)c2cc(F)cc(F)c21. The monoisotopic (exact) mass is 473 g/mol. The molecule has 5 aromatic rings. The van der Waals surface area contributed by atoms with Crippen molar-refractivity contribution in [3.63, 3.8) is 0 Å². The summed E-state index contributed by atoms with van der Waals surface area (Å²) in [6.07, 6.45) is 0. The summed E-state index contributed by atoms with van der Waals surface area (Å²) < 4.78 is 42.8. The molecule has 6 nitrogen and oxygen atoms in total. The number of ether oxygens (including phenoxy) is 2. The first-order valence-electron chi connectivity index (χ1n) is 10.9. The lowest BCUT2D eigenvalue weighted by atomic mass is 10.2. The second kappa shape index (κ2) is 9.42. The van der Waals surface area contributed by atoms with Gasteiger partial charge in [0.2, 0.25) is 11.8 Å². The van der Waals surface area contributed by atoms with Crippen LogP contribution in [-0.4, -0.2) is 14.1 Å². The fourth-order valence-electron chi connectivity index (χ4n) is 3.87. The van der Waals surface area contributed by atoms with E-state index < -0.39 is 17.3 Å². The van der Waals surface area contributed by atoms with Crippen molar-refractivity contribution in [3.05, 3.63) is 118 Å². The van der Waals surface area contributed by atoms with Crippen LogP contribution in [-0.2, 0) is 20.3 Å². The molecule has 2 heterocycles. The van der Waals surface area contributed by atoms with E-state index in [-0.39, 0.29) is 41.7 Å². The van der Waals surface area contributed by atoms with Crippen molar-refractivity contribution in [2.45, 2.75) is 13.2 Å². The molecule has 0 amide bonds. The van der Waals surface area contributed by atoms with Crippen LogP contribution in [0.25, 0.3) is 16.7 Å². The fourth-order valence-corrected chi connectivity index (χ4v) is 3.87. The molecule has 176 valence electrons. The van der Waals surface area contributed by atoms with Crippen LogP contribution in [0.5, 0.6) is 11.8 Å². The lowest BCUT2D eigenvalue weighted by molar-refractivity contribution is 0.267. The van der Waals surface area contributed by atoms with Gasteiger partial charge in [-0.1, -0.05) is 60.7 Å². The van der Waals surface area contributed by atoms with Gasteiger partial charge < -0.3 is 9.47 Å². The topological polar surface area (TPSA) is 58.3 Å². The average molecular weight is 473 g/mol. The normalized spacial score (nSPS) is 11.1. The van der Waals surface area contributed by atoms with Crippen molar-refractivity contribution >= 4 is 11.0 Å². The van der Waals surface area contributed by atoms with Crippen molar-refractivity contribution in [3.8, 4) is 17.4 Å². The van der Waals surface area contributed by atoms with Crippen LogP contribution in [0.4, 0.5) is 8.78 Å². The number of halogens is 2. The number of imidazole rings is 1. The quantitative estimate of drug-likeness (QED) is 0.328. The van der Waals surface area contributed by atoms with E-state index in [9.17, 15) is 13.6 Å². The molecule has 8 heteroatoms. The Kier molecular flexibility index (Phi) is 6.01. The molecule has 0 atom stereocenters. The van der Waals surface area contributed by atoms with Gasteiger partial charge in [0.25, 0.3) is 0 Å². The molecule has 0 spiro atoms. The summed E-state index contributed by atoms with van der Waals surface area (Å²) in [4.78, 5) is 17.6. The third-order valence-electron chi connectivity index (χ3n) is 5.57. The van der Waals surface area contributed by atoms with Crippen molar-refractivity contribution in [2.24, 2.45) is 7.05 Å². The molecule has 35 heavy (non-hydrogen) atoms. The van der Waals surface area contributed by atoms with Gasteiger partial charge in [0, 0.05) is 25.2 Å². The van der Waals surface area contributed by atoms with Crippen LogP contribution in [0.3, 0.4) is 0 Å². The highest BCUT2D eigenvalue weighted by Crippen LogP contribution is 2.29. The molecular formula is C27H21F2N3O3. The third-order valence-corrected chi connectivity index (χ3v) is 5.57. The van der Waals surface area contributed by atoms with E-state index in [1.807, 2.05) is 60.7 Å². The summed E-state index contributed by atoms with van der Waals surface area (Å²) in [5.74, 6) is -1.25. The van der Waals surface area contributed by atoms with Crippen molar-refractivity contribution in [1.82, 2.24) is 14.1 Å². The van der Waals surface area contributed by atoms with Gasteiger partial charge in [-0.2, -0.15) is 4.98 Å². The maximum Gasteiger partial charge on any atom is 0.333 e. The molecule has 0 N–H and O–H groups in total. The van der Waals surface area contributed by atoms with E-state index in [1.54, 1.807) is 12.1 Å². The van der Waals surface area contributed by atoms with Gasteiger partial charge in [0.15, 0.2) is 5.82 Å². The molecule has 0 fully saturated rings. The number of rotatable bonds is 7. The van der Waals surface area contributed by atoms with E-state index in [1.165, 1.54) is 11.6 Å². The highest BCUT2D eigenvalue weighted by atomic mass is 19.1. The summed E-state index contributed by atoms with van der Waals surface area (Å²) in [7, 11) is 1.43. The van der Waals surface area contributed by atoms with E-state index >= 15 is 0 Å². The number of hydrogen-bond donors (Lipinski definition) is 0. The first-order valence-corrected chi connectivity index (χ1v) is 10.9. The fraction of sp³-hybridized carbons (Fsp3) is 0.111. The number of pyridine rings is 1. The van der Waals surface area contributed by atoms with Gasteiger partial charge in [-0.25, -0.2) is 13.6 Å². The van der Waals surface area contributed by atoms with Gasteiger partial charge in [-0.15, -0.1) is 0 Å². The van der Waals surface area contributed by atoms with Crippen LogP contribution >= 0.6 is 0 Å². The molecule has 3 aromatic carbocycles. The Morgan fingerprint density at radius 1 is 0.829 bits per heavy atom. The van der Waals surface area contributed by atoms with Crippen LogP contribution in [0.2, 0.25) is 0 Å². The number of nitrogens with zero attached hydrogens (tertiary/aromatic N) is 3.